The molecule has 8 heavy (non-hydrogen) atoms. The minimum Gasteiger partial charge on any atom is -0.0881 e. The van der Waals surface area contributed by atoms with Gasteiger partial charge in [-0.2, -0.15) is 0 Å². The molecule has 1 aliphatic carbocycles. The van der Waals surface area contributed by atoms with Crippen molar-refractivity contribution in [2.45, 2.75) is 33.1 Å². The third-order valence-corrected chi connectivity index (χ3v) is 1.85. The Morgan fingerprint density at radius 2 is 2.50 bits per heavy atom. The highest BCUT2D eigenvalue weighted by Gasteiger charge is 2.26. The second-order valence-corrected chi connectivity index (χ2v) is 2.55. The van der Waals surface area contributed by atoms with Crippen LogP contribution in [0.2, 0.25) is 0 Å². The van der Waals surface area contributed by atoms with Crippen LogP contribution in [0.4, 0.5) is 0 Å². The molecule has 1 unspecified atom stereocenters. The van der Waals surface area contributed by atoms with Crippen molar-refractivity contribution in [1.29, 1.82) is 0 Å². The first kappa shape index (κ1) is 5.87. The predicted octanol–water partition coefficient (Wildman–Crippen LogP) is 2.75. The van der Waals surface area contributed by atoms with E-state index in [0.29, 0.717) is 0 Å². The highest BCUT2D eigenvalue weighted by molar-refractivity contribution is 5.21. The van der Waals surface area contributed by atoms with Gasteiger partial charge in [-0.3, -0.25) is 0 Å². The minimum atomic E-state index is 0.991. The van der Waals surface area contributed by atoms with Gasteiger partial charge >= 0.3 is 0 Å². The maximum absolute atomic E-state index is 2.26. The maximum atomic E-state index is 2.26. The van der Waals surface area contributed by atoms with Gasteiger partial charge in [0, 0.05) is 0 Å². The standard InChI is InChI=1S/C8H14/c1-3-5-8-6-7(8)4-2/h4,8H,3,5-6H2,1-2H3. The molecule has 0 N–H and O–H groups in total. The highest BCUT2D eigenvalue weighted by Crippen LogP contribution is 2.40. The third kappa shape index (κ3) is 1.12. The Kier molecular flexibility index (Phi) is 1.72. The molecular formula is C8H14. The first-order valence-corrected chi connectivity index (χ1v) is 3.53. The molecule has 0 aromatic heterocycles. The quantitative estimate of drug-likeness (QED) is 0.479. The third-order valence-electron chi connectivity index (χ3n) is 1.85. The molecular weight excluding hydrogens is 96.1 g/mol. The number of rotatable bonds is 2. The van der Waals surface area contributed by atoms with E-state index in [1.807, 2.05) is 0 Å². The fraction of sp³-hybridized carbons (Fsp3) is 0.750. The number of hydrogen-bond acceptors (Lipinski definition) is 0. The molecule has 46 valence electrons. The average Bonchev–Trinajstić information content (AvgIpc) is 2.48. The number of allylic oxidation sites excluding steroid dienone is 2. The van der Waals surface area contributed by atoms with Crippen LogP contribution in [0, 0.1) is 5.92 Å². The molecule has 0 aromatic carbocycles. The fourth-order valence-corrected chi connectivity index (χ4v) is 1.22. The largest absolute Gasteiger partial charge is 0.0881 e. The lowest BCUT2D eigenvalue weighted by Crippen LogP contribution is -1.70. The van der Waals surface area contributed by atoms with Crippen molar-refractivity contribution in [1.82, 2.24) is 0 Å². The van der Waals surface area contributed by atoms with Crippen LogP contribution in [0.15, 0.2) is 11.6 Å². The van der Waals surface area contributed by atoms with Gasteiger partial charge < -0.3 is 0 Å². The summed E-state index contributed by atoms with van der Waals surface area (Å²) in [5.74, 6) is 0.991. The number of hydrogen-bond donors (Lipinski definition) is 0. The molecule has 0 amide bonds. The summed E-state index contributed by atoms with van der Waals surface area (Å²) in [7, 11) is 0. The molecule has 1 atom stereocenters. The summed E-state index contributed by atoms with van der Waals surface area (Å²) in [6.45, 7) is 4.40. The van der Waals surface area contributed by atoms with E-state index in [2.05, 4.69) is 19.9 Å². The van der Waals surface area contributed by atoms with Gasteiger partial charge in [-0.1, -0.05) is 25.0 Å². The van der Waals surface area contributed by atoms with Crippen molar-refractivity contribution in [3.8, 4) is 0 Å². The van der Waals surface area contributed by atoms with E-state index in [9.17, 15) is 0 Å². The summed E-state index contributed by atoms with van der Waals surface area (Å²) in [5.41, 5.74) is 1.69. The minimum absolute atomic E-state index is 0.991. The Morgan fingerprint density at radius 3 is 2.88 bits per heavy atom. The zero-order chi connectivity index (χ0) is 5.98. The van der Waals surface area contributed by atoms with Crippen molar-refractivity contribution in [3.05, 3.63) is 11.6 Å². The van der Waals surface area contributed by atoms with Gasteiger partial charge in [0.2, 0.25) is 0 Å². The molecule has 0 aliphatic heterocycles. The summed E-state index contributed by atoms with van der Waals surface area (Å²) in [4.78, 5) is 0. The summed E-state index contributed by atoms with van der Waals surface area (Å²) >= 11 is 0. The van der Waals surface area contributed by atoms with E-state index in [0.717, 1.165) is 5.92 Å². The van der Waals surface area contributed by atoms with Crippen molar-refractivity contribution < 1.29 is 0 Å². The molecule has 0 aromatic rings. The van der Waals surface area contributed by atoms with E-state index >= 15 is 0 Å². The van der Waals surface area contributed by atoms with Gasteiger partial charge in [0.15, 0.2) is 0 Å². The van der Waals surface area contributed by atoms with Crippen molar-refractivity contribution in [3.63, 3.8) is 0 Å². The Morgan fingerprint density at radius 1 is 1.75 bits per heavy atom. The van der Waals surface area contributed by atoms with Gasteiger partial charge in [0.05, 0.1) is 0 Å². The van der Waals surface area contributed by atoms with Crippen molar-refractivity contribution >= 4 is 0 Å². The first-order chi connectivity index (χ1) is 3.88. The molecule has 1 fully saturated rings. The molecule has 0 heteroatoms. The Hall–Kier alpha value is -0.260. The van der Waals surface area contributed by atoms with E-state index in [1.165, 1.54) is 19.3 Å². The van der Waals surface area contributed by atoms with E-state index < -0.39 is 0 Å². The second kappa shape index (κ2) is 2.34. The van der Waals surface area contributed by atoms with Crippen LogP contribution in [-0.2, 0) is 0 Å². The van der Waals surface area contributed by atoms with Gasteiger partial charge in [-0.25, -0.2) is 0 Å². The van der Waals surface area contributed by atoms with Crippen LogP contribution in [0.25, 0.3) is 0 Å². The van der Waals surface area contributed by atoms with Crippen LogP contribution >= 0.6 is 0 Å². The lowest BCUT2D eigenvalue weighted by Gasteiger charge is -1.84. The smallest absolute Gasteiger partial charge is 0.0166 e. The zero-order valence-electron chi connectivity index (χ0n) is 5.78. The second-order valence-electron chi connectivity index (χ2n) is 2.55. The molecule has 1 aliphatic rings. The molecule has 0 radical (unpaired) electrons. The molecule has 0 bridgehead atoms. The van der Waals surface area contributed by atoms with E-state index in [-0.39, 0.29) is 0 Å². The fourth-order valence-electron chi connectivity index (χ4n) is 1.22. The average molecular weight is 110 g/mol. The van der Waals surface area contributed by atoms with Crippen LogP contribution in [0.5, 0.6) is 0 Å². The SMILES string of the molecule is CC=C1CC1CCC. The molecule has 1 rings (SSSR count). The molecule has 1 saturated carbocycles. The highest BCUT2D eigenvalue weighted by atomic mass is 14.3. The van der Waals surface area contributed by atoms with E-state index in [1.54, 1.807) is 5.57 Å². The van der Waals surface area contributed by atoms with Gasteiger partial charge in [-0.05, 0) is 25.7 Å². The van der Waals surface area contributed by atoms with Crippen LogP contribution in [0.3, 0.4) is 0 Å². The topological polar surface area (TPSA) is 0 Å². The van der Waals surface area contributed by atoms with Crippen molar-refractivity contribution in [2.24, 2.45) is 5.92 Å². The summed E-state index contributed by atoms with van der Waals surface area (Å²) in [5, 5.41) is 0. The summed E-state index contributed by atoms with van der Waals surface area (Å²) < 4.78 is 0. The Bertz CT molecular complexity index is 101. The van der Waals surface area contributed by atoms with Crippen LogP contribution < -0.4 is 0 Å². The molecule has 0 heterocycles. The van der Waals surface area contributed by atoms with E-state index in [4.69, 9.17) is 0 Å². The molecule has 0 spiro atoms. The van der Waals surface area contributed by atoms with Crippen LogP contribution in [0.1, 0.15) is 33.1 Å². The Balaban J connectivity index is 2.17. The normalized spacial score (nSPS) is 31.2. The predicted molar refractivity (Wildman–Crippen MR) is 36.8 cm³/mol. The van der Waals surface area contributed by atoms with Gasteiger partial charge in [-0.15, -0.1) is 0 Å². The first-order valence-electron chi connectivity index (χ1n) is 3.53. The summed E-state index contributed by atoms with van der Waals surface area (Å²) in [6.07, 6.45) is 6.42. The Labute approximate surface area is 51.6 Å². The van der Waals surface area contributed by atoms with Gasteiger partial charge in [0.25, 0.3) is 0 Å². The van der Waals surface area contributed by atoms with Gasteiger partial charge in [0.1, 0.15) is 0 Å². The zero-order valence-corrected chi connectivity index (χ0v) is 5.78. The monoisotopic (exact) mass is 110 g/mol. The maximum Gasteiger partial charge on any atom is -0.0166 e. The molecule has 0 nitrogen and oxygen atoms in total. The van der Waals surface area contributed by atoms with Crippen LogP contribution in [-0.4, -0.2) is 0 Å². The molecule has 0 saturated heterocycles. The van der Waals surface area contributed by atoms with Crippen molar-refractivity contribution in [2.75, 3.05) is 0 Å². The lowest BCUT2D eigenvalue weighted by atomic mass is 10.2. The lowest BCUT2D eigenvalue weighted by molar-refractivity contribution is 0.727. The summed E-state index contributed by atoms with van der Waals surface area (Å²) in [6, 6.07) is 0.